The van der Waals surface area contributed by atoms with E-state index in [9.17, 15) is 19.5 Å². The number of aliphatic hydroxyl groups is 1. The molecular formula is C22H21ClN2O5S. The summed E-state index contributed by atoms with van der Waals surface area (Å²) in [6.45, 7) is 0.274. The Bertz CT molecular complexity index is 996. The average Bonchev–Trinajstić information content (AvgIpc) is 3.04. The molecule has 1 N–H and O–H groups in total. The van der Waals surface area contributed by atoms with Crippen LogP contribution in [-0.4, -0.2) is 70.1 Å². The van der Waals surface area contributed by atoms with E-state index in [0.29, 0.717) is 17.3 Å². The molecule has 2 saturated heterocycles. The number of aliphatic hydroxyl groups excluding tert-OH is 1. The lowest BCUT2D eigenvalue weighted by Crippen LogP contribution is -2.53. The molecule has 2 fully saturated rings. The fraction of sp³-hybridized carbons (Fsp3) is 0.409. The molecule has 1 aromatic rings. The Morgan fingerprint density at radius 2 is 1.94 bits per heavy atom. The zero-order chi connectivity index (χ0) is 21.8. The van der Waals surface area contributed by atoms with Gasteiger partial charge in [0.1, 0.15) is 12.6 Å². The number of esters is 1. The number of fused-ring (bicyclic) bond motifs is 2. The second-order valence-electron chi connectivity index (χ2n) is 7.98. The van der Waals surface area contributed by atoms with Crippen molar-refractivity contribution in [1.82, 2.24) is 4.90 Å². The topological polar surface area (TPSA) is 87.2 Å². The number of amides is 2. The van der Waals surface area contributed by atoms with Gasteiger partial charge in [-0.2, -0.15) is 0 Å². The number of cyclic esters (lactones) is 1. The van der Waals surface area contributed by atoms with Gasteiger partial charge in [-0.3, -0.25) is 14.4 Å². The summed E-state index contributed by atoms with van der Waals surface area (Å²) in [4.78, 5) is 43.2. The first-order valence-electron chi connectivity index (χ1n) is 10.1. The van der Waals surface area contributed by atoms with Crippen molar-refractivity contribution < 1.29 is 24.2 Å². The van der Waals surface area contributed by atoms with Gasteiger partial charge in [0.05, 0.1) is 23.2 Å². The van der Waals surface area contributed by atoms with Crippen LogP contribution in [0.5, 0.6) is 0 Å². The molecule has 1 aromatic carbocycles. The third kappa shape index (κ3) is 3.03. The highest BCUT2D eigenvalue weighted by Crippen LogP contribution is 2.60. The number of hydrogen-bond donors (Lipinski definition) is 1. The van der Waals surface area contributed by atoms with Crippen LogP contribution in [0, 0.1) is 11.8 Å². The largest absolute Gasteiger partial charge is 0.461 e. The minimum absolute atomic E-state index is 0.0264. The number of nitrogens with zero attached hydrogens (tertiary/aromatic N) is 2. The van der Waals surface area contributed by atoms with Gasteiger partial charge in [0.15, 0.2) is 0 Å². The number of hydrogen-bond acceptors (Lipinski definition) is 6. The van der Waals surface area contributed by atoms with Gasteiger partial charge in [-0.15, -0.1) is 11.8 Å². The van der Waals surface area contributed by atoms with Crippen LogP contribution in [0.25, 0.3) is 0 Å². The maximum Gasteiger partial charge on any atom is 0.311 e. The fourth-order valence-corrected chi connectivity index (χ4v) is 7.30. The van der Waals surface area contributed by atoms with Crippen LogP contribution in [0.15, 0.2) is 48.6 Å². The van der Waals surface area contributed by atoms with E-state index < -0.39 is 28.6 Å². The number of ether oxygens (including phenoxy) is 1. The second kappa shape index (κ2) is 7.69. The molecule has 1 spiro atoms. The molecule has 1 unspecified atom stereocenters. The SMILES string of the molecule is O=C1OCC=C[C@H]2S[C@]34C=CCN(c5ccc(Cl)cc5)C(=O)C3N(CCO)C(=O)[C@@H]4[C@@H]12. The molecule has 4 heterocycles. The quantitative estimate of drug-likeness (QED) is 0.545. The summed E-state index contributed by atoms with van der Waals surface area (Å²) in [5.41, 5.74) is 0.674. The van der Waals surface area contributed by atoms with Crippen molar-refractivity contribution in [1.29, 1.82) is 0 Å². The van der Waals surface area contributed by atoms with Gasteiger partial charge in [-0.25, -0.2) is 0 Å². The number of likely N-dealkylation sites (tertiary alicyclic amines) is 1. The van der Waals surface area contributed by atoms with Gasteiger partial charge in [-0.05, 0) is 24.3 Å². The Kier molecular flexibility index (Phi) is 5.11. The number of thioether (sulfide) groups is 1. The molecular weight excluding hydrogens is 440 g/mol. The normalized spacial score (nSPS) is 34.2. The number of anilines is 1. The summed E-state index contributed by atoms with van der Waals surface area (Å²) in [6, 6.07) is 6.13. The van der Waals surface area contributed by atoms with Crippen molar-refractivity contribution in [3.05, 3.63) is 53.6 Å². The van der Waals surface area contributed by atoms with Crippen molar-refractivity contribution in [2.24, 2.45) is 11.8 Å². The Morgan fingerprint density at radius 3 is 2.68 bits per heavy atom. The van der Waals surface area contributed by atoms with Crippen LogP contribution < -0.4 is 4.90 Å². The molecule has 31 heavy (non-hydrogen) atoms. The molecule has 0 bridgehead atoms. The summed E-state index contributed by atoms with van der Waals surface area (Å²) in [5.74, 6) is -2.33. The number of β-amino-alcohol motifs (C(OH)–C–C–N with tert-alkyl or cyclic N) is 1. The highest BCUT2D eigenvalue weighted by Gasteiger charge is 2.71. The van der Waals surface area contributed by atoms with E-state index in [1.54, 1.807) is 35.2 Å². The molecule has 0 aromatic heterocycles. The summed E-state index contributed by atoms with van der Waals surface area (Å²) in [7, 11) is 0. The van der Waals surface area contributed by atoms with E-state index in [-0.39, 0.29) is 36.8 Å². The molecule has 0 saturated carbocycles. The van der Waals surface area contributed by atoms with E-state index in [4.69, 9.17) is 16.3 Å². The van der Waals surface area contributed by atoms with Gasteiger partial charge in [0, 0.05) is 29.0 Å². The smallest absolute Gasteiger partial charge is 0.311 e. The summed E-state index contributed by atoms with van der Waals surface area (Å²) in [5, 5.41) is 9.95. The van der Waals surface area contributed by atoms with E-state index in [0.717, 1.165) is 0 Å². The van der Waals surface area contributed by atoms with Gasteiger partial charge >= 0.3 is 5.97 Å². The van der Waals surface area contributed by atoms with Gasteiger partial charge in [0.2, 0.25) is 5.91 Å². The van der Waals surface area contributed by atoms with Crippen LogP contribution in [0.4, 0.5) is 5.69 Å². The van der Waals surface area contributed by atoms with Crippen molar-refractivity contribution in [3.8, 4) is 0 Å². The zero-order valence-electron chi connectivity index (χ0n) is 16.5. The number of carbonyl (C=O) groups excluding carboxylic acids is 3. The Hall–Kier alpha value is -2.29. The molecule has 162 valence electrons. The third-order valence-electron chi connectivity index (χ3n) is 6.39. The highest BCUT2D eigenvalue weighted by atomic mass is 35.5. The second-order valence-corrected chi connectivity index (χ2v) is 9.91. The molecule has 7 nitrogen and oxygen atoms in total. The van der Waals surface area contributed by atoms with Crippen LogP contribution in [0.3, 0.4) is 0 Å². The van der Waals surface area contributed by atoms with Crippen molar-refractivity contribution >= 4 is 46.8 Å². The van der Waals surface area contributed by atoms with Gasteiger partial charge in [0.25, 0.3) is 5.91 Å². The first-order chi connectivity index (χ1) is 15.0. The summed E-state index contributed by atoms with van der Waals surface area (Å²) in [6.07, 6.45) is 7.52. The van der Waals surface area contributed by atoms with E-state index >= 15 is 0 Å². The molecule has 2 amide bonds. The molecule has 4 aliphatic heterocycles. The standard InChI is InChI=1S/C22H21ClN2O5S/c23-13-4-6-14(7-5-13)24-9-2-8-22-17(16-15(31-22)3-1-12-30-21(16)29)19(27)25(10-11-26)18(22)20(24)28/h1-8,15-18,26H,9-12H2/t15-,16+,17+,18?,22+/m1/s1. The summed E-state index contributed by atoms with van der Waals surface area (Å²) >= 11 is 7.49. The molecule has 4 aliphatic rings. The first-order valence-corrected chi connectivity index (χ1v) is 11.4. The predicted octanol–water partition coefficient (Wildman–Crippen LogP) is 1.65. The Labute approximate surface area is 188 Å². The molecule has 0 aliphatic carbocycles. The van der Waals surface area contributed by atoms with Crippen molar-refractivity contribution in [3.63, 3.8) is 0 Å². The van der Waals surface area contributed by atoms with E-state index in [1.165, 1.54) is 16.7 Å². The summed E-state index contributed by atoms with van der Waals surface area (Å²) < 4.78 is 4.41. The maximum atomic E-state index is 13.9. The van der Waals surface area contributed by atoms with Crippen LogP contribution >= 0.6 is 23.4 Å². The van der Waals surface area contributed by atoms with Crippen molar-refractivity contribution in [2.75, 3.05) is 31.2 Å². The maximum absolute atomic E-state index is 13.9. The van der Waals surface area contributed by atoms with Gasteiger partial charge < -0.3 is 19.6 Å². The predicted molar refractivity (Wildman–Crippen MR) is 117 cm³/mol. The van der Waals surface area contributed by atoms with Crippen LogP contribution in [0.1, 0.15) is 0 Å². The van der Waals surface area contributed by atoms with E-state index in [1.807, 2.05) is 18.2 Å². The van der Waals surface area contributed by atoms with Crippen molar-refractivity contribution in [2.45, 2.75) is 16.0 Å². The Morgan fingerprint density at radius 1 is 1.16 bits per heavy atom. The van der Waals surface area contributed by atoms with Gasteiger partial charge in [-0.1, -0.05) is 35.9 Å². The highest BCUT2D eigenvalue weighted by molar-refractivity contribution is 8.02. The van der Waals surface area contributed by atoms with Crippen LogP contribution in [0.2, 0.25) is 5.02 Å². The monoisotopic (exact) mass is 460 g/mol. The number of halogens is 1. The lowest BCUT2D eigenvalue weighted by Gasteiger charge is -2.35. The fourth-order valence-electron chi connectivity index (χ4n) is 5.17. The minimum atomic E-state index is -0.902. The molecule has 0 radical (unpaired) electrons. The lowest BCUT2D eigenvalue weighted by atomic mass is 9.78. The lowest BCUT2D eigenvalue weighted by molar-refractivity contribution is -0.151. The Balaban J connectivity index is 1.61. The molecule has 5 rings (SSSR count). The third-order valence-corrected chi connectivity index (χ3v) is 8.39. The number of benzene rings is 1. The van der Waals surface area contributed by atoms with E-state index in [2.05, 4.69) is 0 Å². The molecule has 5 atom stereocenters. The average molecular weight is 461 g/mol. The minimum Gasteiger partial charge on any atom is -0.461 e. The zero-order valence-corrected chi connectivity index (χ0v) is 18.1. The molecule has 9 heteroatoms. The first kappa shape index (κ1) is 20.6. The number of rotatable bonds is 3. The number of carbonyl (C=O) groups is 3. The van der Waals surface area contributed by atoms with Crippen LogP contribution in [-0.2, 0) is 19.1 Å².